The Morgan fingerprint density at radius 2 is 2.36 bits per heavy atom. The van der Waals surface area contributed by atoms with E-state index in [1.54, 1.807) is 4.52 Å². The van der Waals surface area contributed by atoms with Gasteiger partial charge in [-0.2, -0.15) is 5.10 Å². The molecule has 0 saturated carbocycles. The van der Waals surface area contributed by atoms with E-state index in [0.717, 1.165) is 27.9 Å². The van der Waals surface area contributed by atoms with Gasteiger partial charge in [-0.15, -0.1) is 0 Å². The van der Waals surface area contributed by atoms with E-state index >= 15 is 0 Å². The van der Waals surface area contributed by atoms with Gasteiger partial charge >= 0.3 is 0 Å². The Morgan fingerprint density at radius 1 is 1.64 bits per heavy atom. The van der Waals surface area contributed by atoms with Crippen molar-refractivity contribution in [3.05, 3.63) is 32.3 Å². The fourth-order valence-corrected chi connectivity index (χ4v) is 2.06. The molecule has 14 heavy (non-hydrogen) atoms. The summed E-state index contributed by atoms with van der Waals surface area (Å²) in [6.45, 7) is 3.89. The molecule has 4 nitrogen and oxygen atoms in total. The monoisotopic (exact) mass is 255 g/mol. The zero-order valence-electron chi connectivity index (χ0n) is 7.97. The Kier molecular flexibility index (Phi) is 2.19. The van der Waals surface area contributed by atoms with Crippen LogP contribution >= 0.6 is 15.9 Å². The second-order valence-corrected chi connectivity index (χ2v) is 3.94. The van der Waals surface area contributed by atoms with E-state index in [2.05, 4.69) is 26.0 Å². The largest absolute Gasteiger partial charge is 0.306 e. The summed E-state index contributed by atoms with van der Waals surface area (Å²) < 4.78 is 2.62. The van der Waals surface area contributed by atoms with Crippen molar-refractivity contribution in [2.24, 2.45) is 0 Å². The maximum absolute atomic E-state index is 11.2. The second kappa shape index (κ2) is 3.24. The molecule has 0 aliphatic carbocycles. The van der Waals surface area contributed by atoms with Gasteiger partial charge in [-0.1, -0.05) is 6.92 Å². The topological polar surface area (TPSA) is 50.2 Å². The fourth-order valence-electron chi connectivity index (χ4n) is 1.44. The van der Waals surface area contributed by atoms with Gasteiger partial charge in [-0.05, 0) is 29.3 Å². The second-order valence-electron chi connectivity index (χ2n) is 3.15. The lowest BCUT2D eigenvalue weighted by Gasteiger charge is -1.96. The van der Waals surface area contributed by atoms with Crippen LogP contribution in [0.25, 0.3) is 5.65 Å². The van der Waals surface area contributed by atoms with E-state index < -0.39 is 0 Å². The van der Waals surface area contributed by atoms with Crippen LogP contribution in [0.5, 0.6) is 0 Å². The highest BCUT2D eigenvalue weighted by molar-refractivity contribution is 9.10. The zero-order valence-corrected chi connectivity index (χ0v) is 9.55. The number of hydrogen-bond acceptors (Lipinski definition) is 2. The Hall–Kier alpha value is -1.10. The average molecular weight is 256 g/mol. The third-order valence-electron chi connectivity index (χ3n) is 2.14. The average Bonchev–Trinajstić information content (AvgIpc) is 2.44. The van der Waals surface area contributed by atoms with Crippen LogP contribution in [0, 0.1) is 6.92 Å². The predicted octanol–water partition coefficient (Wildman–Crippen LogP) is 1.66. The molecule has 0 atom stereocenters. The van der Waals surface area contributed by atoms with Crippen LogP contribution in [0.2, 0.25) is 0 Å². The van der Waals surface area contributed by atoms with Crippen molar-refractivity contribution in [3.63, 3.8) is 0 Å². The summed E-state index contributed by atoms with van der Waals surface area (Å²) in [6.07, 6.45) is 0.837. The van der Waals surface area contributed by atoms with Crippen LogP contribution in [0.1, 0.15) is 18.3 Å². The first-order valence-electron chi connectivity index (χ1n) is 4.40. The minimum Gasteiger partial charge on any atom is -0.306 e. The normalized spacial score (nSPS) is 11.1. The molecule has 0 saturated heterocycles. The van der Waals surface area contributed by atoms with Crippen molar-refractivity contribution < 1.29 is 0 Å². The van der Waals surface area contributed by atoms with Gasteiger partial charge in [0.05, 0.1) is 10.2 Å². The number of aromatic amines is 1. The van der Waals surface area contributed by atoms with Gasteiger partial charge in [0.15, 0.2) is 5.65 Å². The number of aryl methyl sites for hydroxylation is 2. The molecule has 0 bridgehead atoms. The third-order valence-corrected chi connectivity index (χ3v) is 2.98. The van der Waals surface area contributed by atoms with Crippen LogP contribution in [0.4, 0.5) is 0 Å². The summed E-state index contributed by atoms with van der Waals surface area (Å²) >= 11 is 3.43. The van der Waals surface area contributed by atoms with Gasteiger partial charge < -0.3 is 4.98 Å². The highest BCUT2D eigenvalue weighted by Crippen LogP contribution is 2.20. The van der Waals surface area contributed by atoms with E-state index in [1.807, 2.05) is 13.8 Å². The molecule has 0 unspecified atom stereocenters. The summed E-state index contributed by atoms with van der Waals surface area (Å²) in [5, 5.41) is 4.37. The quantitative estimate of drug-likeness (QED) is 0.843. The molecule has 2 rings (SSSR count). The van der Waals surface area contributed by atoms with Gasteiger partial charge in [-0.3, -0.25) is 4.79 Å². The van der Waals surface area contributed by atoms with Gasteiger partial charge in [0, 0.05) is 11.8 Å². The Morgan fingerprint density at radius 3 is 3.00 bits per heavy atom. The number of nitrogens with one attached hydrogen (secondary N) is 1. The molecule has 74 valence electrons. The van der Waals surface area contributed by atoms with E-state index in [0.29, 0.717) is 0 Å². The van der Waals surface area contributed by atoms with Gasteiger partial charge in [0.25, 0.3) is 5.56 Å². The first-order chi connectivity index (χ1) is 6.63. The van der Waals surface area contributed by atoms with Crippen LogP contribution < -0.4 is 5.56 Å². The van der Waals surface area contributed by atoms with E-state index in [4.69, 9.17) is 0 Å². The maximum Gasteiger partial charge on any atom is 0.251 e. The van der Waals surface area contributed by atoms with Gasteiger partial charge in [0.1, 0.15) is 0 Å². The van der Waals surface area contributed by atoms with Crippen LogP contribution in [0.3, 0.4) is 0 Å². The molecule has 0 aliphatic heterocycles. The number of halogens is 1. The lowest BCUT2D eigenvalue weighted by molar-refractivity contribution is 0.850. The molecule has 0 amide bonds. The van der Waals surface area contributed by atoms with Gasteiger partial charge in [0.2, 0.25) is 0 Å². The highest BCUT2D eigenvalue weighted by Gasteiger charge is 2.10. The van der Waals surface area contributed by atoms with Crippen molar-refractivity contribution in [2.45, 2.75) is 20.3 Å². The summed E-state index contributed by atoms with van der Waals surface area (Å²) in [5.41, 5.74) is 2.42. The molecular formula is C9H10BrN3O. The number of rotatable bonds is 1. The van der Waals surface area contributed by atoms with E-state index in [1.165, 1.54) is 6.07 Å². The number of hydrogen-bond donors (Lipinski definition) is 1. The molecule has 2 heterocycles. The van der Waals surface area contributed by atoms with Crippen LogP contribution in [0.15, 0.2) is 15.3 Å². The number of nitrogens with zero attached hydrogens (tertiary/aromatic N) is 2. The predicted molar refractivity (Wildman–Crippen MR) is 57.6 cm³/mol. The third kappa shape index (κ3) is 1.28. The first kappa shape index (κ1) is 9.45. The minimum atomic E-state index is -0.0988. The molecule has 0 aliphatic rings. The zero-order chi connectivity index (χ0) is 10.3. The molecule has 0 aromatic carbocycles. The SMILES string of the molecule is CCc1nn2c(C)cc(=O)[nH]c2c1Br. The minimum absolute atomic E-state index is 0.0988. The highest BCUT2D eigenvalue weighted by atomic mass is 79.9. The number of fused-ring (bicyclic) bond motifs is 1. The van der Waals surface area contributed by atoms with Crippen LogP contribution in [-0.2, 0) is 6.42 Å². The molecule has 2 aromatic heterocycles. The first-order valence-corrected chi connectivity index (χ1v) is 5.19. The molecule has 2 aromatic rings. The fraction of sp³-hybridized carbons (Fsp3) is 0.333. The molecule has 0 fully saturated rings. The molecule has 5 heteroatoms. The lowest BCUT2D eigenvalue weighted by atomic mass is 10.3. The summed E-state index contributed by atoms with van der Waals surface area (Å²) in [6, 6.07) is 1.53. The van der Waals surface area contributed by atoms with Crippen molar-refractivity contribution in [2.75, 3.05) is 0 Å². The Labute approximate surface area is 89.1 Å². The van der Waals surface area contributed by atoms with Gasteiger partial charge in [-0.25, -0.2) is 4.52 Å². The Bertz CT molecular complexity index is 541. The summed E-state index contributed by atoms with van der Waals surface area (Å²) in [5.74, 6) is 0. The Balaban J connectivity index is 2.92. The summed E-state index contributed by atoms with van der Waals surface area (Å²) in [4.78, 5) is 14.0. The smallest absolute Gasteiger partial charge is 0.251 e. The van der Waals surface area contributed by atoms with Crippen molar-refractivity contribution in [1.29, 1.82) is 0 Å². The standard InChI is InChI=1S/C9H10BrN3O/c1-3-6-8(10)9-11-7(14)4-5(2)13(9)12-6/h4H,3H2,1-2H3,(H,11,14). The molecule has 0 radical (unpaired) electrons. The summed E-state index contributed by atoms with van der Waals surface area (Å²) in [7, 11) is 0. The van der Waals surface area contributed by atoms with Crippen molar-refractivity contribution >= 4 is 21.6 Å². The molecule has 1 N–H and O–H groups in total. The van der Waals surface area contributed by atoms with E-state index in [9.17, 15) is 4.79 Å². The van der Waals surface area contributed by atoms with Crippen molar-refractivity contribution in [1.82, 2.24) is 14.6 Å². The molecule has 0 spiro atoms. The molecular weight excluding hydrogens is 246 g/mol. The number of H-pyrrole nitrogens is 1. The van der Waals surface area contributed by atoms with Crippen LogP contribution in [-0.4, -0.2) is 14.6 Å². The number of aromatic nitrogens is 3. The van der Waals surface area contributed by atoms with Crippen molar-refractivity contribution in [3.8, 4) is 0 Å². The van der Waals surface area contributed by atoms with E-state index in [-0.39, 0.29) is 5.56 Å². The maximum atomic E-state index is 11.2. The lowest BCUT2D eigenvalue weighted by Crippen LogP contribution is -2.09.